The van der Waals surface area contributed by atoms with Gasteiger partial charge in [-0.3, -0.25) is 9.59 Å². The summed E-state index contributed by atoms with van der Waals surface area (Å²) in [7, 11) is 3.10. The molecule has 1 aromatic heterocycles. The van der Waals surface area contributed by atoms with Gasteiger partial charge in [0, 0.05) is 19.0 Å². The van der Waals surface area contributed by atoms with Crippen LogP contribution < -0.4 is 20.1 Å². The zero-order valence-electron chi connectivity index (χ0n) is 13.6. The normalized spacial score (nSPS) is 10.1. The summed E-state index contributed by atoms with van der Waals surface area (Å²) in [5.41, 5.74) is 0.589. The first-order valence-corrected chi connectivity index (χ1v) is 8.35. The van der Waals surface area contributed by atoms with Gasteiger partial charge in [0.05, 0.1) is 24.8 Å². The predicted octanol–water partition coefficient (Wildman–Crippen LogP) is 2.91. The summed E-state index contributed by atoms with van der Waals surface area (Å²) in [6.45, 7) is 0.448. The van der Waals surface area contributed by atoms with Crippen molar-refractivity contribution in [1.82, 2.24) is 5.32 Å². The topological polar surface area (TPSA) is 76.7 Å². The molecule has 0 spiro atoms. The van der Waals surface area contributed by atoms with Crippen LogP contribution in [0.5, 0.6) is 11.5 Å². The van der Waals surface area contributed by atoms with Crippen LogP contribution in [0.3, 0.4) is 0 Å². The second-order valence-corrected chi connectivity index (χ2v) is 5.90. The number of ether oxygens (including phenoxy) is 2. The molecule has 0 saturated heterocycles. The van der Waals surface area contributed by atoms with Gasteiger partial charge in [-0.25, -0.2) is 0 Å². The number of thiophene rings is 1. The van der Waals surface area contributed by atoms with Crippen LogP contribution in [-0.2, 0) is 4.79 Å². The first-order valence-electron chi connectivity index (χ1n) is 7.47. The summed E-state index contributed by atoms with van der Waals surface area (Å²) in [6.07, 6.45) is 0.862. The highest BCUT2D eigenvalue weighted by Crippen LogP contribution is 2.29. The maximum atomic E-state index is 12.0. The Balaban J connectivity index is 1.76. The van der Waals surface area contributed by atoms with Gasteiger partial charge in [0.2, 0.25) is 5.91 Å². The number of carbonyl (C=O) groups excluding carboxylic acids is 2. The van der Waals surface area contributed by atoms with Crippen LogP contribution >= 0.6 is 11.3 Å². The molecule has 0 unspecified atom stereocenters. The van der Waals surface area contributed by atoms with Gasteiger partial charge >= 0.3 is 0 Å². The van der Waals surface area contributed by atoms with E-state index in [1.54, 1.807) is 31.4 Å². The smallest absolute Gasteiger partial charge is 0.261 e. The van der Waals surface area contributed by atoms with Gasteiger partial charge < -0.3 is 20.1 Å². The van der Waals surface area contributed by atoms with Crippen LogP contribution in [0.4, 0.5) is 5.69 Å². The van der Waals surface area contributed by atoms with E-state index in [4.69, 9.17) is 9.47 Å². The summed E-state index contributed by atoms with van der Waals surface area (Å²) >= 11 is 1.39. The Morgan fingerprint density at radius 2 is 2.00 bits per heavy atom. The fourth-order valence-corrected chi connectivity index (χ4v) is 2.70. The lowest BCUT2D eigenvalue weighted by molar-refractivity contribution is -0.116. The highest BCUT2D eigenvalue weighted by Gasteiger charge is 2.10. The minimum atomic E-state index is -0.135. The van der Waals surface area contributed by atoms with E-state index < -0.39 is 0 Å². The molecule has 6 nitrogen and oxygen atoms in total. The van der Waals surface area contributed by atoms with Crippen molar-refractivity contribution in [3.8, 4) is 11.5 Å². The molecule has 2 rings (SSSR count). The second kappa shape index (κ2) is 8.93. The largest absolute Gasteiger partial charge is 0.497 e. The molecular formula is C17H20N2O4S. The highest BCUT2D eigenvalue weighted by atomic mass is 32.1. The van der Waals surface area contributed by atoms with Crippen LogP contribution in [0.2, 0.25) is 0 Å². The van der Waals surface area contributed by atoms with E-state index in [1.165, 1.54) is 18.4 Å². The third-order valence-electron chi connectivity index (χ3n) is 3.29. The number of anilines is 1. The molecular weight excluding hydrogens is 328 g/mol. The molecule has 0 radical (unpaired) electrons. The van der Waals surface area contributed by atoms with Crippen molar-refractivity contribution in [3.05, 3.63) is 40.6 Å². The molecule has 0 atom stereocenters. The molecule has 0 aliphatic carbocycles. The molecule has 128 valence electrons. The van der Waals surface area contributed by atoms with Crippen LogP contribution in [0.1, 0.15) is 22.5 Å². The number of amides is 2. The summed E-state index contributed by atoms with van der Waals surface area (Å²) in [5, 5.41) is 7.44. The van der Waals surface area contributed by atoms with Crippen LogP contribution in [0.15, 0.2) is 35.7 Å². The van der Waals surface area contributed by atoms with Crippen molar-refractivity contribution in [3.63, 3.8) is 0 Å². The lowest BCUT2D eigenvalue weighted by Crippen LogP contribution is -2.24. The Labute approximate surface area is 144 Å². The van der Waals surface area contributed by atoms with E-state index >= 15 is 0 Å². The fraction of sp³-hybridized carbons (Fsp3) is 0.294. The second-order valence-electron chi connectivity index (χ2n) is 4.95. The van der Waals surface area contributed by atoms with Crippen LogP contribution in [-0.4, -0.2) is 32.6 Å². The Bertz CT molecular complexity index is 686. The van der Waals surface area contributed by atoms with Crippen molar-refractivity contribution < 1.29 is 19.1 Å². The van der Waals surface area contributed by atoms with Gasteiger partial charge in [-0.15, -0.1) is 11.3 Å². The minimum absolute atomic E-state index is 0.109. The van der Waals surface area contributed by atoms with Crippen LogP contribution in [0.25, 0.3) is 0 Å². The molecule has 2 N–H and O–H groups in total. The number of rotatable bonds is 8. The third kappa shape index (κ3) is 4.99. The molecule has 0 aliphatic heterocycles. The Morgan fingerprint density at radius 3 is 2.67 bits per heavy atom. The fourth-order valence-electron chi connectivity index (χ4n) is 2.06. The first kappa shape index (κ1) is 17.8. The number of carbonyl (C=O) groups is 2. The molecule has 2 aromatic rings. The molecule has 1 heterocycles. The van der Waals surface area contributed by atoms with Crippen molar-refractivity contribution in [1.29, 1.82) is 0 Å². The SMILES string of the molecule is COc1ccc(NC(=O)CCCNC(=O)c2cccs2)c(OC)c1. The molecule has 0 bridgehead atoms. The van der Waals surface area contributed by atoms with Gasteiger partial charge in [-0.2, -0.15) is 0 Å². The molecule has 1 aromatic carbocycles. The monoisotopic (exact) mass is 348 g/mol. The lowest BCUT2D eigenvalue weighted by atomic mass is 10.2. The quantitative estimate of drug-likeness (QED) is 0.719. The van der Waals surface area contributed by atoms with Gasteiger partial charge in [0.1, 0.15) is 11.5 Å². The third-order valence-corrected chi connectivity index (χ3v) is 4.16. The average Bonchev–Trinajstić information content (AvgIpc) is 3.13. The standard InChI is InChI=1S/C17H20N2O4S/c1-22-12-7-8-13(14(11-12)23-2)19-16(20)6-3-9-18-17(21)15-5-4-10-24-15/h4-5,7-8,10-11H,3,6,9H2,1-2H3,(H,18,21)(H,19,20). The van der Waals surface area contributed by atoms with Gasteiger partial charge in [-0.1, -0.05) is 6.07 Å². The molecule has 0 saturated carbocycles. The molecule has 7 heteroatoms. The zero-order chi connectivity index (χ0) is 17.4. The minimum Gasteiger partial charge on any atom is -0.497 e. The average molecular weight is 348 g/mol. The van der Waals surface area contributed by atoms with E-state index in [2.05, 4.69) is 10.6 Å². The van der Waals surface area contributed by atoms with Crippen molar-refractivity contribution in [2.45, 2.75) is 12.8 Å². The molecule has 0 aliphatic rings. The molecule has 2 amide bonds. The molecule has 0 fully saturated rings. The Kier molecular flexibility index (Phi) is 6.62. The lowest BCUT2D eigenvalue weighted by Gasteiger charge is -2.11. The number of nitrogens with one attached hydrogen (secondary N) is 2. The van der Waals surface area contributed by atoms with Gasteiger partial charge in [-0.05, 0) is 30.0 Å². The summed E-state index contributed by atoms with van der Waals surface area (Å²) in [6, 6.07) is 8.78. The zero-order valence-corrected chi connectivity index (χ0v) is 14.4. The summed E-state index contributed by atoms with van der Waals surface area (Å²) in [4.78, 5) is 24.4. The van der Waals surface area contributed by atoms with Crippen molar-refractivity contribution >= 4 is 28.8 Å². The summed E-state index contributed by atoms with van der Waals surface area (Å²) in [5.74, 6) is 0.945. The van der Waals surface area contributed by atoms with Gasteiger partial charge in [0.15, 0.2) is 0 Å². The van der Waals surface area contributed by atoms with E-state index in [1.807, 2.05) is 11.4 Å². The number of methoxy groups -OCH3 is 2. The number of hydrogen-bond donors (Lipinski definition) is 2. The first-order chi connectivity index (χ1) is 11.6. The van der Waals surface area contributed by atoms with E-state index in [0.29, 0.717) is 41.4 Å². The van der Waals surface area contributed by atoms with E-state index in [-0.39, 0.29) is 11.8 Å². The maximum absolute atomic E-state index is 12.0. The number of benzene rings is 1. The highest BCUT2D eigenvalue weighted by molar-refractivity contribution is 7.12. The maximum Gasteiger partial charge on any atom is 0.261 e. The van der Waals surface area contributed by atoms with E-state index in [0.717, 1.165) is 0 Å². The predicted molar refractivity (Wildman–Crippen MR) is 94.1 cm³/mol. The van der Waals surface area contributed by atoms with Crippen molar-refractivity contribution in [2.24, 2.45) is 0 Å². The Morgan fingerprint density at radius 1 is 1.17 bits per heavy atom. The van der Waals surface area contributed by atoms with E-state index in [9.17, 15) is 9.59 Å². The van der Waals surface area contributed by atoms with Gasteiger partial charge in [0.25, 0.3) is 5.91 Å². The summed E-state index contributed by atoms with van der Waals surface area (Å²) < 4.78 is 10.4. The number of hydrogen-bond acceptors (Lipinski definition) is 5. The molecule has 24 heavy (non-hydrogen) atoms. The van der Waals surface area contributed by atoms with Crippen LogP contribution in [0, 0.1) is 0 Å². The Hall–Kier alpha value is -2.54. The van der Waals surface area contributed by atoms with Crippen molar-refractivity contribution in [2.75, 3.05) is 26.1 Å².